The second kappa shape index (κ2) is 9.67. The Hall–Kier alpha value is -2.30. The van der Waals surface area contributed by atoms with E-state index in [1.165, 1.54) is 16.4 Å². The van der Waals surface area contributed by atoms with Gasteiger partial charge < -0.3 is 10.1 Å². The highest BCUT2D eigenvalue weighted by Gasteiger charge is 2.33. The zero-order valence-corrected chi connectivity index (χ0v) is 18.3. The zero-order chi connectivity index (χ0) is 21.7. The Morgan fingerprint density at radius 3 is 2.43 bits per heavy atom. The lowest BCUT2D eigenvalue weighted by Gasteiger charge is -2.30. The number of hydrogen-bond donors (Lipinski definition) is 1. The van der Waals surface area contributed by atoms with Gasteiger partial charge in [-0.25, -0.2) is 12.8 Å². The molecule has 0 spiro atoms. The number of piperidine rings is 1. The van der Waals surface area contributed by atoms with E-state index in [4.69, 9.17) is 4.74 Å². The zero-order valence-electron chi connectivity index (χ0n) is 15.9. The Balaban J connectivity index is 1.48. The summed E-state index contributed by atoms with van der Waals surface area (Å²) in [7, 11) is -3.75. The monoisotopic (exact) mass is 498 g/mol. The van der Waals surface area contributed by atoms with Crippen molar-refractivity contribution in [2.45, 2.75) is 17.7 Å². The molecule has 0 bridgehead atoms. The molecule has 30 heavy (non-hydrogen) atoms. The van der Waals surface area contributed by atoms with Crippen molar-refractivity contribution in [3.8, 4) is 0 Å². The number of carbonyl (C=O) groups is 2. The number of nitrogens with zero attached hydrogens (tertiary/aromatic N) is 1. The minimum atomic E-state index is -3.75. The van der Waals surface area contributed by atoms with Gasteiger partial charge in [-0.15, -0.1) is 0 Å². The van der Waals surface area contributed by atoms with Gasteiger partial charge in [0.1, 0.15) is 5.82 Å². The maximum atomic E-state index is 13.0. The van der Waals surface area contributed by atoms with Crippen molar-refractivity contribution < 1.29 is 27.1 Å². The fraction of sp³-hybridized carbons (Fsp3) is 0.300. The Kier molecular flexibility index (Phi) is 7.22. The van der Waals surface area contributed by atoms with E-state index >= 15 is 0 Å². The van der Waals surface area contributed by atoms with Gasteiger partial charge in [0.15, 0.2) is 6.61 Å². The van der Waals surface area contributed by atoms with Crippen LogP contribution in [0.5, 0.6) is 0 Å². The highest BCUT2D eigenvalue weighted by Crippen LogP contribution is 2.25. The molecule has 1 N–H and O–H groups in total. The van der Waals surface area contributed by atoms with E-state index in [0.29, 0.717) is 5.69 Å². The molecule has 0 aliphatic carbocycles. The van der Waals surface area contributed by atoms with Crippen LogP contribution in [0.3, 0.4) is 0 Å². The number of hydrogen-bond acceptors (Lipinski definition) is 5. The first-order valence-electron chi connectivity index (χ1n) is 9.23. The molecule has 1 aliphatic heterocycles. The van der Waals surface area contributed by atoms with Gasteiger partial charge in [-0.3, -0.25) is 9.59 Å². The minimum absolute atomic E-state index is 0.00847. The molecule has 2 aromatic carbocycles. The fourth-order valence-corrected chi connectivity index (χ4v) is 4.97. The van der Waals surface area contributed by atoms with Crippen molar-refractivity contribution in [1.82, 2.24) is 4.31 Å². The number of carbonyl (C=O) groups excluding carboxylic acids is 2. The Morgan fingerprint density at radius 1 is 1.13 bits per heavy atom. The van der Waals surface area contributed by atoms with Crippen LogP contribution in [-0.4, -0.2) is 44.3 Å². The highest BCUT2D eigenvalue weighted by atomic mass is 79.9. The summed E-state index contributed by atoms with van der Waals surface area (Å²) in [6, 6.07) is 11.6. The van der Waals surface area contributed by atoms with Gasteiger partial charge in [0.2, 0.25) is 10.0 Å². The van der Waals surface area contributed by atoms with Crippen molar-refractivity contribution in [3.05, 3.63) is 58.8 Å². The lowest BCUT2D eigenvalue weighted by Crippen LogP contribution is -2.40. The number of rotatable bonds is 6. The molecule has 0 unspecified atom stereocenters. The maximum Gasteiger partial charge on any atom is 0.309 e. The molecule has 2 aromatic rings. The number of nitrogens with one attached hydrogen (secondary N) is 1. The predicted molar refractivity (Wildman–Crippen MR) is 112 cm³/mol. The van der Waals surface area contributed by atoms with Gasteiger partial charge in [-0.1, -0.05) is 22.0 Å². The van der Waals surface area contributed by atoms with Crippen LogP contribution < -0.4 is 5.32 Å². The third-order valence-electron chi connectivity index (χ3n) is 4.69. The van der Waals surface area contributed by atoms with Crippen LogP contribution in [-0.2, 0) is 24.3 Å². The molecule has 0 saturated carbocycles. The average Bonchev–Trinajstić information content (AvgIpc) is 2.72. The number of ether oxygens (including phenoxy) is 1. The van der Waals surface area contributed by atoms with Crippen molar-refractivity contribution in [2.24, 2.45) is 5.92 Å². The number of anilines is 1. The van der Waals surface area contributed by atoms with Crippen molar-refractivity contribution >= 4 is 43.5 Å². The molecular weight excluding hydrogens is 479 g/mol. The lowest BCUT2D eigenvalue weighted by atomic mass is 9.98. The van der Waals surface area contributed by atoms with Gasteiger partial charge >= 0.3 is 5.97 Å². The molecule has 10 heteroatoms. The Labute approximate surface area is 182 Å². The van der Waals surface area contributed by atoms with Crippen molar-refractivity contribution in [1.29, 1.82) is 0 Å². The molecule has 1 saturated heterocycles. The van der Waals surface area contributed by atoms with Crippen molar-refractivity contribution in [3.63, 3.8) is 0 Å². The van der Waals surface area contributed by atoms with Crippen molar-refractivity contribution in [2.75, 3.05) is 25.0 Å². The summed E-state index contributed by atoms with van der Waals surface area (Å²) < 4.78 is 45.4. The smallest absolute Gasteiger partial charge is 0.309 e. The summed E-state index contributed by atoms with van der Waals surface area (Å²) in [4.78, 5) is 24.2. The normalized spacial score (nSPS) is 15.5. The van der Waals surface area contributed by atoms with E-state index in [2.05, 4.69) is 21.2 Å². The van der Waals surface area contributed by atoms with Crippen LogP contribution in [0.15, 0.2) is 57.9 Å². The summed E-state index contributed by atoms with van der Waals surface area (Å²) in [5.41, 5.74) is 0.574. The third kappa shape index (κ3) is 5.65. The van der Waals surface area contributed by atoms with Crippen LogP contribution >= 0.6 is 15.9 Å². The standard InChI is InChI=1S/C20H20BrFN2O5S/c21-15-2-1-3-17(12-15)23-19(25)13-29-20(26)14-8-10-24(11-9-14)30(27,28)18-6-4-16(22)5-7-18/h1-7,12,14H,8-11,13H2,(H,23,25). The molecule has 0 aromatic heterocycles. The van der Waals surface area contributed by atoms with Crippen LogP contribution in [0.2, 0.25) is 0 Å². The van der Waals surface area contributed by atoms with Crippen LogP contribution in [0.4, 0.5) is 10.1 Å². The van der Waals surface area contributed by atoms with Gasteiger partial charge in [0, 0.05) is 23.2 Å². The molecule has 1 amide bonds. The maximum absolute atomic E-state index is 13.0. The predicted octanol–water partition coefficient (Wildman–Crippen LogP) is 3.17. The van der Waals surface area contributed by atoms with E-state index in [1.54, 1.807) is 18.2 Å². The topological polar surface area (TPSA) is 92.8 Å². The summed E-state index contributed by atoms with van der Waals surface area (Å²) in [6.07, 6.45) is 0.568. The molecule has 160 valence electrons. The molecule has 0 atom stereocenters. The second-order valence-electron chi connectivity index (χ2n) is 6.80. The largest absolute Gasteiger partial charge is 0.455 e. The molecule has 0 radical (unpaired) electrons. The van der Waals surface area contributed by atoms with E-state index < -0.39 is 40.2 Å². The molecular formula is C20H20BrFN2O5S. The average molecular weight is 499 g/mol. The lowest BCUT2D eigenvalue weighted by molar-refractivity contribution is -0.152. The number of amides is 1. The number of benzene rings is 2. The molecule has 3 rings (SSSR count). The van der Waals surface area contributed by atoms with E-state index in [-0.39, 0.29) is 30.8 Å². The van der Waals surface area contributed by atoms with E-state index in [1.807, 2.05) is 6.07 Å². The van der Waals surface area contributed by atoms with Gasteiger partial charge in [0.25, 0.3) is 5.91 Å². The minimum Gasteiger partial charge on any atom is -0.455 e. The van der Waals surface area contributed by atoms with Gasteiger partial charge in [-0.2, -0.15) is 4.31 Å². The SMILES string of the molecule is O=C(COC(=O)C1CCN(S(=O)(=O)c2ccc(F)cc2)CC1)Nc1cccc(Br)c1. The first-order chi connectivity index (χ1) is 14.3. The van der Waals surface area contributed by atoms with Crippen LogP contribution in [0.25, 0.3) is 0 Å². The number of halogens is 2. The molecule has 1 aliphatic rings. The summed E-state index contributed by atoms with van der Waals surface area (Å²) in [6.45, 7) is -0.132. The Bertz CT molecular complexity index is 1020. The summed E-state index contributed by atoms with van der Waals surface area (Å²) in [5.74, 6) is -1.99. The molecule has 7 nitrogen and oxygen atoms in total. The van der Waals surface area contributed by atoms with E-state index in [0.717, 1.165) is 16.6 Å². The number of esters is 1. The quantitative estimate of drug-likeness (QED) is 0.617. The third-order valence-corrected chi connectivity index (χ3v) is 7.10. The van der Waals surface area contributed by atoms with Gasteiger partial charge in [-0.05, 0) is 55.3 Å². The summed E-state index contributed by atoms with van der Waals surface area (Å²) in [5, 5.41) is 2.63. The fourth-order valence-electron chi connectivity index (χ4n) is 3.11. The first-order valence-corrected chi connectivity index (χ1v) is 11.5. The molecule has 1 heterocycles. The summed E-state index contributed by atoms with van der Waals surface area (Å²) >= 11 is 3.30. The van der Waals surface area contributed by atoms with Crippen LogP contribution in [0.1, 0.15) is 12.8 Å². The van der Waals surface area contributed by atoms with E-state index in [9.17, 15) is 22.4 Å². The van der Waals surface area contributed by atoms with Gasteiger partial charge in [0.05, 0.1) is 10.8 Å². The highest BCUT2D eigenvalue weighted by molar-refractivity contribution is 9.10. The van der Waals surface area contributed by atoms with Crippen LogP contribution in [0, 0.1) is 11.7 Å². The Morgan fingerprint density at radius 2 is 1.80 bits per heavy atom. The molecule has 1 fully saturated rings. The second-order valence-corrected chi connectivity index (χ2v) is 9.65. The number of sulfonamides is 1. The first kappa shape index (κ1) is 22.4.